The molecule has 3 aromatic rings. The zero-order valence-electron chi connectivity index (χ0n) is 11.8. The summed E-state index contributed by atoms with van der Waals surface area (Å²) in [5.74, 6) is -1.21. The second-order valence-corrected chi connectivity index (χ2v) is 4.78. The number of phenols is 1. The van der Waals surface area contributed by atoms with E-state index in [-0.39, 0.29) is 27.2 Å². The van der Waals surface area contributed by atoms with Crippen LogP contribution in [-0.4, -0.2) is 32.7 Å². The van der Waals surface area contributed by atoms with E-state index in [1.807, 2.05) is 0 Å². The van der Waals surface area contributed by atoms with Gasteiger partial charge in [0.2, 0.25) is 0 Å². The highest BCUT2D eigenvalue weighted by Gasteiger charge is 2.28. The number of imide groups is 1. The van der Waals surface area contributed by atoms with Crippen molar-refractivity contribution in [1.82, 2.24) is 5.16 Å². The molecule has 3 N–H and O–H groups in total. The Hall–Kier alpha value is -3.62. The zero-order valence-corrected chi connectivity index (χ0v) is 11.8. The summed E-state index contributed by atoms with van der Waals surface area (Å²) in [6, 6.07) is 7.61. The van der Waals surface area contributed by atoms with Crippen LogP contribution in [0.3, 0.4) is 0 Å². The Kier molecular flexibility index (Phi) is 3.53. The van der Waals surface area contributed by atoms with Crippen LogP contribution >= 0.6 is 0 Å². The highest BCUT2D eigenvalue weighted by molar-refractivity contribution is 6.12. The van der Waals surface area contributed by atoms with Gasteiger partial charge in [-0.15, -0.1) is 0 Å². The summed E-state index contributed by atoms with van der Waals surface area (Å²) >= 11 is 0. The number of anilines is 1. The minimum absolute atomic E-state index is 0.00104. The van der Waals surface area contributed by atoms with Crippen LogP contribution in [0, 0.1) is 5.82 Å². The van der Waals surface area contributed by atoms with E-state index in [1.54, 1.807) is 0 Å². The number of carbonyl (C=O) groups is 2. The lowest BCUT2D eigenvalue weighted by atomic mass is 10.0. The number of benzene rings is 2. The molecule has 3 rings (SSSR count). The molecule has 0 saturated carbocycles. The quantitative estimate of drug-likeness (QED) is 0.656. The van der Waals surface area contributed by atoms with E-state index in [9.17, 15) is 19.1 Å². The number of hydrogen-bond donors (Lipinski definition) is 3. The lowest BCUT2D eigenvalue weighted by Gasteiger charge is -2.10. The van der Waals surface area contributed by atoms with E-state index in [1.165, 1.54) is 24.3 Å². The lowest BCUT2D eigenvalue weighted by molar-refractivity contribution is 0.183. The van der Waals surface area contributed by atoms with Gasteiger partial charge in [-0.05, 0) is 35.9 Å². The molecule has 0 atom stereocenters. The number of carboxylic acid groups (broad SMARTS) is 2. The number of nitrogens with zero attached hydrogens (tertiary/aromatic N) is 2. The Bertz CT molecular complexity index is 954. The number of amides is 2. The first-order chi connectivity index (χ1) is 11.4. The van der Waals surface area contributed by atoms with Crippen molar-refractivity contribution in [2.45, 2.75) is 0 Å². The smallest absolute Gasteiger partial charge is 0.422 e. The van der Waals surface area contributed by atoms with Gasteiger partial charge in [0.15, 0.2) is 11.4 Å². The second-order valence-electron chi connectivity index (χ2n) is 4.78. The van der Waals surface area contributed by atoms with Crippen molar-refractivity contribution in [3.8, 4) is 16.9 Å². The van der Waals surface area contributed by atoms with E-state index >= 15 is 0 Å². The van der Waals surface area contributed by atoms with Crippen molar-refractivity contribution in [3.05, 3.63) is 42.2 Å². The number of aromatic hydroxyl groups is 1. The molecule has 0 unspecified atom stereocenters. The molecule has 0 saturated heterocycles. The van der Waals surface area contributed by atoms with Crippen molar-refractivity contribution in [2.24, 2.45) is 0 Å². The third-order valence-electron chi connectivity index (χ3n) is 3.31. The lowest BCUT2D eigenvalue weighted by Crippen LogP contribution is -2.34. The molecule has 2 amide bonds. The predicted octanol–water partition coefficient (Wildman–Crippen LogP) is 3.50. The van der Waals surface area contributed by atoms with Gasteiger partial charge in [0.05, 0.1) is 5.39 Å². The Labute approximate surface area is 132 Å². The summed E-state index contributed by atoms with van der Waals surface area (Å²) in [4.78, 5) is 22.2. The number of phenolic OH excluding ortho intramolecular Hbond substituents is 1. The Balaban J connectivity index is 2.21. The van der Waals surface area contributed by atoms with E-state index in [4.69, 9.17) is 14.7 Å². The van der Waals surface area contributed by atoms with Gasteiger partial charge in [0.25, 0.3) is 0 Å². The normalized spacial score (nSPS) is 10.7. The molecule has 0 aliphatic carbocycles. The van der Waals surface area contributed by atoms with Crippen LogP contribution < -0.4 is 4.90 Å². The van der Waals surface area contributed by atoms with E-state index in [0.717, 1.165) is 12.1 Å². The van der Waals surface area contributed by atoms with Gasteiger partial charge in [0.1, 0.15) is 11.6 Å². The standard InChI is InChI=1S/C15H9FN2O6/c16-8-2-3-11(19)9(6-8)7-1-4-12-10(5-7)13(17-24-12)18(14(20)21)15(22)23/h1-6,19H,(H,20,21)(H,22,23). The summed E-state index contributed by atoms with van der Waals surface area (Å²) in [5.41, 5.74) is 0.623. The Morgan fingerprint density at radius 1 is 1.08 bits per heavy atom. The molecule has 0 spiro atoms. The molecule has 9 heteroatoms. The highest BCUT2D eigenvalue weighted by atomic mass is 19.1. The first-order valence-corrected chi connectivity index (χ1v) is 6.53. The van der Waals surface area contributed by atoms with Crippen LogP contribution in [0.4, 0.5) is 19.8 Å². The molecule has 2 aromatic carbocycles. The maximum Gasteiger partial charge on any atom is 0.422 e. The van der Waals surface area contributed by atoms with Crippen molar-refractivity contribution in [3.63, 3.8) is 0 Å². The molecular weight excluding hydrogens is 323 g/mol. The third-order valence-corrected chi connectivity index (χ3v) is 3.31. The molecule has 0 aliphatic rings. The van der Waals surface area contributed by atoms with Gasteiger partial charge in [-0.3, -0.25) is 0 Å². The predicted molar refractivity (Wildman–Crippen MR) is 79.6 cm³/mol. The van der Waals surface area contributed by atoms with Crippen molar-refractivity contribution in [1.29, 1.82) is 0 Å². The number of hydrogen-bond acceptors (Lipinski definition) is 5. The van der Waals surface area contributed by atoms with Crippen molar-refractivity contribution < 1.29 is 33.8 Å². The van der Waals surface area contributed by atoms with Gasteiger partial charge >= 0.3 is 12.2 Å². The Morgan fingerprint density at radius 2 is 1.79 bits per heavy atom. The minimum atomic E-state index is -1.75. The molecule has 24 heavy (non-hydrogen) atoms. The SMILES string of the molecule is O=C(O)N(C(=O)O)c1noc2ccc(-c3cc(F)ccc3O)cc12. The van der Waals surface area contributed by atoms with Crippen LogP contribution in [0.25, 0.3) is 22.1 Å². The fourth-order valence-electron chi connectivity index (χ4n) is 2.26. The second kappa shape index (κ2) is 5.54. The molecular formula is C15H9FN2O6. The molecule has 122 valence electrons. The summed E-state index contributed by atoms with van der Waals surface area (Å²) in [7, 11) is 0. The maximum atomic E-state index is 13.4. The first kappa shape index (κ1) is 15.3. The van der Waals surface area contributed by atoms with Crippen molar-refractivity contribution >= 4 is 29.0 Å². The number of rotatable bonds is 2. The van der Waals surface area contributed by atoms with Gasteiger partial charge in [-0.1, -0.05) is 11.2 Å². The molecule has 0 radical (unpaired) electrons. The Morgan fingerprint density at radius 3 is 2.46 bits per heavy atom. The number of halogens is 1. The molecule has 1 aromatic heterocycles. The number of aromatic nitrogens is 1. The molecule has 8 nitrogen and oxygen atoms in total. The average molecular weight is 332 g/mol. The van der Waals surface area contributed by atoms with Crippen LogP contribution in [0.2, 0.25) is 0 Å². The molecule has 1 heterocycles. The molecule has 0 bridgehead atoms. The summed E-state index contributed by atoms with van der Waals surface area (Å²) in [6.07, 6.45) is -3.51. The molecule has 0 aliphatic heterocycles. The summed E-state index contributed by atoms with van der Waals surface area (Å²) < 4.78 is 18.3. The van der Waals surface area contributed by atoms with Crippen molar-refractivity contribution in [2.75, 3.05) is 4.90 Å². The van der Waals surface area contributed by atoms with Crippen LogP contribution in [0.5, 0.6) is 5.75 Å². The zero-order chi connectivity index (χ0) is 17.4. The molecule has 0 fully saturated rings. The van der Waals surface area contributed by atoms with Gasteiger partial charge < -0.3 is 19.8 Å². The van der Waals surface area contributed by atoms with E-state index < -0.39 is 23.8 Å². The summed E-state index contributed by atoms with van der Waals surface area (Å²) in [5, 5.41) is 31.4. The van der Waals surface area contributed by atoms with Crippen LogP contribution in [0.1, 0.15) is 0 Å². The van der Waals surface area contributed by atoms with E-state index in [0.29, 0.717) is 5.56 Å². The fraction of sp³-hybridized carbons (Fsp3) is 0. The fourth-order valence-corrected chi connectivity index (χ4v) is 2.26. The van der Waals surface area contributed by atoms with Gasteiger partial charge in [-0.2, -0.15) is 4.90 Å². The number of fused-ring (bicyclic) bond motifs is 1. The largest absolute Gasteiger partial charge is 0.507 e. The monoisotopic (exact) mass is 332 g/mol. The van der Waals surface area contributed by atoms with Crippen LogP contribution in [0.15, 0.2) is 40.9 Å². The van der Waals surface area contributed by atoms with Gasteiger partial charge in [-0.25, -0.2) is 14.0 Å². The third kappa shape index (κ3) is 2.47. The average Bonchev–Trinajstić information content (AvgIpc) is 2.92. The van der Waals surface area contributed by atoms with Crippen LogP contribution in [-0.2, 0) is 0 Å². The van der Waals surface area contributed by atoms with E-state index in [2.05, 4.69) is 5.16 Å². The maximum absolute atomic E-state index is 13.4. The van der Waals surface area contributed by atoms with Gasteiger partial charge in [0, 0.05) is 5.56 Å². The summed E-state index contributed by atoms with van der Waals surface area (Å²) in [6.45, 7) is 0. The topological polar surface area (TPSA) is 124 Å². The first-order valence-electron chi connectivity index (χ1n) is 6.53. The minimum Gasteiger partial charge on any atom is -0.507 e. The highest BCUT2D eigenvalue weighted by Crippen LogP contribution is 2.35.